The van der Waals surface area contributed by atoms with Crippen LogP contribution in [0.2, 0.25) is 0 Å². The summed E-state index contributed by atoms with van der Waals surface area (Å²) in [4.78, 5) is 20.0. The summed E-state index contributed by atoms with van der Waals surface area (Å²) in [5.41, 5.74) is 3.28. The van der Waals surface area contributed by atoms with Crippen molar-refractivity contribution < 1.29 is 9.53 Å². The number of rotatable bonds is 2. The van der Waals surface area contributed by atoms with Gasteiger partial charge in [0.25, 0.3) is 5.91 Å². The summed E-state index contributed by atoms with van der Waals surface area (Å²) in [6.07, 6.45) is 3.69. The molecule has 0 spiro atoms. The molecule has 3 aromatic rings. The van der Waals surface area contributed by atoms with E-state index in [1.807, 2.05) is 58.9 Å². The fourth-order valence-electron chi connectivity index (χ4n) is 3.73. The Morgan fingerprint density at radius 1 is 1.11 bits per heavy atom. The van der Waals surface area contributed by atoms with Gasteiger partial charge in [-0.15, -0.1) is 0 Å². The number of carbonyl (C=O) groups is 1. The molecule has 1 aromatic carbocycles. The zero-order valence-electron chi connectivity index (χ0n) is 16.9. The number of imidazole rings is 1. The Kier molecular flexibility index (Phi) is 4.71. The first-order valence-corrected chi connectivity index (χ1v) is 9.77. The SMILES string of the molecule is Cc1cn2cccc(C(=O)N3C[C@@H](c4ccccc4)O[C@@H](C(C)(C)C)C3)c2n1. The smallest absolute Gasteiger partial charge is 0.257 e. The van der Waals surface area contributed by atoms with Crippen molar-refractivity contribution in [1.29, 1.82) is 0 Å². The molecule has 0 radical (unpaired) electrons. The van der Waals surface area contributed by atoms with E-state index in [0.717, 1.165) is 11.3 Å². The summed E-state index contributed by atoms with van der Waals surface area (Å²) < 4.78 is 8.35. The molecule has 0 aliphatic carbocycles. The van der Waals surface area contributed by atoms with Gasteiger partial charge in [0, 0.05) is 18.9 Å². The Bertz CT molecular complexity index is 988. The number of aromatic nitrogens is 2. The summed E-state index contributed by atoms with van der Waals surface area (Å²) >= 11 is 0. The number of aryl methyl sites for hydroxylation is 1. The number of ether oxygens (including phenoxy) is 1. The Balaban J connectivity index is 1.69. The second kappa shape index (κ2) is 7.06. The zero-order chi connectivity index (χ0) is 19.9. The van der Waals surface area contributed by atoms with Gasteiger partial charge in [0.2, 0.25) is 0 Å². The number of morpholine rings is 1. The molecule has 1 fully saturated rings. The van der Waals surface area contributed by atoms with E-state index in [1.165, 1.54) is 0 Å². The van der Waals surface area contributed by atoms with Gasteiger partial charge < -0.3 is 14.0 Å². The predicted molar refractivity (Wildman–Crippen MR) is 109 cm³/mol. The maximum Gasteiger partial charge on any atom is 0.257 e. The van der Waals surface area contributed by atoms with E-state index >= 15 is 0 Å². The quantitative estimate of drug-likeness (QED) is 0.670. The first kappa shape index (κ1) is 18.7. The number of hydrogen-bond acceptors (Lipinski definition) is 3. The number of pyridine rings is 1. The van der Waals surface area contributed by atoms with Gasteiger partial charge in [-0.05, 0) is 30.0 Å². The van der Waals surface area contributed by atoms with Crippen LogP contribution in [0.5, 0.6) is 0 Å². The molecule has 1 aliphatic rings. The van der Waals surface area contributed by atoms with E-state index in [4.69, 9.17) is 4.74 Å². The molecular formula is C23H27N3O2. The number of hydrogen-bond donors (Lipinski definition) is 0. The molecule has 2 aromatic heterocycles. The van der Waals surface area contributed by atoms with Gasteiger partial charge >= 0.3 is 0 Å². The van der Waals surface area contributed by atoms with Gasteiger partial charge in [-0.3, -0.25) is 4.79 Å². The fraction of sp³-hybridized carbons (Fsp3) is 0.391. The van der Waals surface area contributed by atoms with E-state index in [0.29, 0.717) is 24.3 Å². The highest BCUT2D eigenvalue weighted by Crippen LogP contribution is 2.34. The van der Waals surface area contributed by atoms with E-state index in [-0.39, 0.29) is 23.5 Å². The molecule has 1 saturated heterocycles. The molecule has 146 valence electrons. The topological polar surface area (TPSA) is 46.8 Å². The number of fused-ring (bicyclic) bond motifs is 1. The average Bonchev–Trinajstić information content (AvgIpc) is 3.07. The van der Waals surface area contributed by atoms with E-state index in [1.54, 1.807) is 0 Å². The molecule has 3 heterocycles. The van der Waals surface area contributed by atoms with Crippen LogP contribution in [0.1, 0.15) is 48.5 Å². The summed E-state index contributed by atoms with van der Waals surface area (Å²) in [7, 11) is 0. The van der Waals surface area contributed by atoms with Gasteiger partial charge in [-0.1, -0.05) is 51.1 Å². The van der Waals surface area contributed by atoms with Crippen LogP contribution in [-0.4, -0.2) is 39.4 Å². The first-order valence-electron chi connectivity index (χ1n) is 9.77. The normalized spacial score (nSPS) is 20.5. The molecule has 1 aliphatic heterocycles. The van der Waals surface area contributed by atoms with Crippen molar-refractivity contribution in [3.05, 3.63) is 71.7 Å². The highest BCUT2D eigenvalue weighted by Gasteiger charge is 2.38. The summed E-state index contributed by atoms with van der Waals surface area (Å²) in [6, 6.07) is 13.9. The highest BCUT2D eigenvalue weighted by molar-refractivity contribution is 6.00. The van der Waals surface area contributed by atoms with E-state index in [2.05, 4.69) is 37.9 Å². The van der Waals surface area contributed by atoms with Crippen LogP contribution in [0.4, 0.5) is 0 Å². The van der Waals surface area contributed by atoms with Crippen molar-refractivity contribution in [3.8, 4) is 0 Å². The van der Waals surface area contributed by atoms with Crippen LogP contribution in [0, 0.1) is 12.3 Å². The Hall–Kier alpha value is -2.66. The minimum Gasteiger partial charge on any atom is -0.366 e. The number of benzene rings is 1. The van der Waals surface area contributed by atoms with Crippen molar-refractivity contribution >= 4 is 11.6 Å². The summed E-state index contributed by atoms with van der Waals surface area (Å²) in [5, 5.41) is 0. The second-order valence-corrected chi connectivity index (χ2v) is 8.64. The van der Waals surface area contributed by atoms with Crippen LogP contribution >= 0.6 is 0 Å². The average molecular weight is 377 g/mol. The van der Waals surface area contributed by atoms with Crippen molar-refractivity contribution in [2.24, 2.45) is 5.41 Å². The van der Waals surface area contributed by atoms with Crippen LogP contribution < -0.4 is 0 Å². The molecule has 0 bridgehead atoms. The predicted octanol–water partition coefficient (Wildman–Crippen LogP) is 4.27. The Morgan fingerprint density at radius 3 is 2.57 bits per heavy atom. The molecule has 4 rings (SSSR count). The lowest BCUT2D eigenvalue weighted by Crippen LogP contribution is -2.51. The molecule has 5 nitrogen and oxygen atoms in total. The minimum atomic E-state index is -0.135. The van der Waals surface area contributed by atoms with Gasteiger partial charge in [0.05, 0.1) is 23.9 Å². The second-order valence-electron chi connectivity index (χ2n) is 8.64. The lowest BCUT2D eigenvalue weighted by atomic mass is 9.87. The molecule has 5 heteroatoms. The Morgan fingerprint density at radius 2 is 1.86 bits per heavy atom. The largest absolute Gasteiger partial charge is 0.366 e. The van der Waals surface area contributed by atoms with Gasteiger partial charge in [-0.25, -0.2) is 4.98 Å². The third-order valence-electron chi connectivity index (χ3n) is 5.36. The van der Waals surface area contributed by atoms with Crippen molar-refractivity contribution in [1.82, 2.24) is 14.3 Å². The first-order chi connectivity index (χ1) is 13.3. The molecule has 28 heavy (non-hydrogen) atoms. The highest BCUT2D eigenvalue weighted by atomic mass is 16.5. The summed E-state index contributed by atoms with van der Waals surface area (Å²) in [6.45, 7) is 9.53. The number of nitrogens with zero attached hydrogens (tertiary/aromatic N) is 3. The lowest BCUT2D eigenvalue weighted by molar-refractivity contribution is -0.119. The molecule has 1 amide bonds. The minimum absolute atomic E-state index is 0.00896. The van der Waals surface area contributed by atoms with Crippen LogP contribution in [0.15, 0.2) is 54.9 Å². The van der Waals surface area contributed by atoms with Crippen LogP contribution in [-0.2, 0) is 4.74 Å². The van der Waals surface area contributed by atoms with Crippen LogP contribution in [0.3, 0.4) is 0 Å². The number of amides is 1. The maximum absolute atomic E-state index is 13.5. The van der Waals surface area contributed by atoms with Gasteiger partial charge in [0.1, 0.15) is 11.8 Å². The monoisotopic (exact) mass is 377 g/mol. The van der Waals surface area contributed by atoms with E-state index < -0.39 is 0 Å². The zero-order valence-corrected chi connectivity index (χ0v) is 16.9. The molecule has 0 saturated carbocycles. The molecular weight excluding hydrogens is 350 g/mol. The van der Waals surface area contributed by atoms with Crippen LogP contribution in [0.25, 0.3) is 5.65 Å². The number of carbonyl (C=O) groups excluding carboxylic acids is 1. The Labute approximate surface area is 166 Å². The van der Waals surface area contributed by atoms with Crippen molar-refractivity contribution in [2.45, 2.75) is 39.9 Å². The van der Waals surface area contributed by atoms with Crippen molar-refractivity contribution in [2.75, 3.05) is 13.1 Å². The molecule has 0 N–H and O–H groups in total. The van der Waals surface area contributed by atoms with E-state index in [9.17, 15) is 4.79 Å². The molecule has 2 atom stereocenters. The maximum atomic E-state index is 13.5. The standard InChI is InChI=1S/C23H27N3O2/c1-16-13-25-12-8-11-18(21(25)24-16)22(27)26-14-19(17-9-6-5-7-10-17)28-20(15-26)23(2,3)4/h5-13,19-20H,14-15H2,1-4H3/t19-,20+/m0/s1. The lowest BCUT2D eigenvalue weighted by Gasteiger charge is -2.43. The molecule has 0 unspecified atom stereocenters. The van der Waals surface area contributed by atoms with Gasteiger partial charge in [-0.2, -0.15) is 0 Å². The van der Waals surface area contributed by atoms with Crippen molar-refractivity contribution in [3.63, 3.8) is 0 Å². The third-order valence-corrected chi connectivity index (χ3v) is 5.36. The summed E-state index contributed by atoms with van der Waals surface area (Å²) in [5.74, 6) is 0.00896. The van der Waals surface area contributed by atoms with Gasteiger partial charge in [0.15, 0.2) is 0 Å². The third kappa shape index (κ3) is 3.54. The fourth-order valence-corrected chi connectivity index (χ4v) is 3.73.